The molecule has 0 saturated carbocycles. The number of nitrogens with one attached hydrogen (secondary N) is 1. The summed E-state index contributed by atoms with van der Waals surface area (Å²) in [5.41, 5.74) is 0.316. The van der Waals surface area contributed by atoms with Crippen LogP contribution in [0.1, 0.15) is 12.5 Å². The van der Waals surface area contributed by atoms with Gasteiger partial charge in [-0.3, -0.25) is 4.79 Å². The Labute approximate surface area is 115 Å². The third kappa shape index (κ3) is 3.17. The van der Waals surface area contributed by atoms with Crippen molar-refractivity contribution < 1.29 is 18.7 Å². The highest BCUT2D eigenvalue weighted by molar-refractivity contribution is 6.30. The van der Waals surface area contributed by atoms with Crippen LogP contribution in [0.15, 0.2) is 29.7 Å². The van der Waals surface area contributed by atoms with Crippen molar-refractivity contribution in [2.24, 2.45) is 0 Å². The minimum Gasteiger partial charge on any atom is -0.491 e. The summed E-state index contributed by atoms with van der Waals surface area (Å²) in [5.74, 6) is -0.406. The highest BCUT2D eigenvalue weighted by Gasteiger charge is 2.19. The van der Waals surface area contributed by atoms with Gasteiger partial charge in [0.1, 0.15) is 24.8 Å². The Bertz CT molecular complexity index is 531. The number of carbonyl (C=O) groups excluding carboxylic acids is 1. The Morgan fingerprint density at radius 2 is 2.16 bits per heavy atom. The third-order valence-corrected chi connectivity index (χ3v) is 2.94. The number of carbonyl (C=O) groups is 1. The molecule has 0 aliphatic carbocycles. The fraction of sp³-hybridized carbons (Fsp3) is 0.308. The van der Waals surface area contributed by atoms with Gasteiger partial charge in [0.25, 0.3) is 5.91 Å². The molecule has 1 aromatic carbocycles. The van der Waals surface area contributed by atoms with E-state index in [2.05, 4.69) is 5.32 Å². The van der Waals surface area contributed by atoms with Gasteiger partial charge in [-0.2, -0.15) is 0 Å². The van der Waals surface area contributed by atoms with Crippen LogP contribution in [0.4, 0.5) is 4.39 Å². The lowest BCUT2D eigenvalue weighted by Gasteiger charge is -2.19. The summed E-state index contributed by atoms with van der Waals surface area (Å²) in [6.07, 6.45) is 0. The first-order valence-electron chi connectivity index (χ1n) is 5.77. The second kappa shape index (κ2) is 5.93. The van der Waals surface area contributed by atoms with E-state index in [0.29, 0.717) is 24.5 Å². The molecule has 1 amide bonds. The van der Waals surface area contributed by atoms with Crippen molar-refractivity contribution in [1.29, 1.82) is 0 Å². The maximum absolute atomic E-state index is 13.6. The van der Waals surface area contributed by atoms with Gasteiger partial charge in [0.05, 0.1) is 5.02 Å². The summed E-state index contributed by atoms with van der Waals surface area (Å²) < 4.78 is 24.0. The lowest BCUT2D eigenvalue weighted by atomic mass is 10.2. The van der Waals surface area contributed by atoms with Crippen molar-refractivity contribution in [1.82, 2.24) is 5.32 Å². The average Bonchev–Trinajstić information content (AvgIpc) is 2.40. The summed E-state index contributed by atoms with van der Waals surface area (Å²) in [5, 5.41) is 2.59. The number of ether oxygens (including phenoxy) is 2. The second-order valence-corrected chi connectivity index (χ2v) is 4.39. The Morgan fingerprint density at radius 3 is 2.89 bits per heavy atom. The van der Waals surface area contributed by atoms with E-state index in [4.69, 9.17) is 21.1 Å². The molecule has 4 nitrogen and oxygen atoms in total. The zero-order valence-corrected chi connectivity index (χ0v) is 11.1. The molecule has 1 aliphatic heterocycles. The van der Waals surface area contributed by atoms with Crippen LogP contribution in [0.25, 0.3) is 0 Å². The third-order valence-electron chi connectivity index (χ3n) is 2.65. The highest BCUT2D eigenvalue weighted by atomic mass is 35.5. The number of hydrogen-bond donors (Lipinski definition) is 1. The smallest absolute Gasteiger partial charge is 0.290 e. The summed E-state index contributed by atoms with van der Waals surface area (Å²) in [7, 11) is 0. The van der Waals surface area contributed by atoms with Crippen molar-refractivity contribution in [2.75, 3.05) is 13.2 Å². The van der Waals surface area contributed by atoms with Gasteiger partial charge in [0.15, 0.2) is 0 Å². The van der Waals surface area contributed by atoms with Crippen LogP contribution in [0, 0.1) is 5.82 Å². The van der Waals surface area contributed by atoms with Gasteiger partial charge in [0, 0.05) is 12.1 Å². The van der Waals surface area contributed by atoms with Crippen molar-refractivity contribution in [2.45, 2.75) is 13.5 Å². The van der Waals surface area contributed by atoms with Gasteiger partial charge in [0.2, 0.25) is 5.76 Å². The molecule has 102 valence electrons. The Hall–Kier alpha value is -1.75. The van der Waals surface area contributed by atoms with E-state index >= 15 is 0 Å². The van der Waals surface area contributed by atoms with E-state index in [1.54, 1.807) is 19.1 Å². The van der Waals surface area contributed by atoms with Crippen molar-refractivity contribution in [3.63, 3.8) is 0 Å². The van der Waals surface area contributed by atoms with Crippen molar-refractivity contribution in [3.05, 3.63) is 46.1 Å². The number of halogens is 2. The molecule has 0 unspecified atom stereocenters. The minimum absolute atomic E-state index is 0.0272. The second-order valence-electron chi connectivity index (χ2n) is 3.98. The summed E-state index contributed by atoms with van der Waals surface area (Å²) in [6, 6.07) is 4.63. The first kappa shape index (κ1) is 13.7. The van der Waals surface area contributed by atoms with Crippen molar-refractivity contribution >= 4 is 17.5 Å². The standard InChI is InChI=1S/C13H13ClFNO3/c1-8-12(19-6-5-18-8)13(17)16-7-9-3-2-4-10(14)11(9)15/h2-4H,5-7H2,1H3,(H,16,17). The van der Waals surface area contributed by atoms with Gasteiger partial charge in [-0.05, 0) is 13.0 Å². The van der Waals surface area contributed by atoms with Gasteiger partial charge in [-0.1, -0.05) is 23.7 Å². The highest BCUT2D eigenvalue weighted by Crippen LogP contribution is 2.18. The lowest BCUT2D eigenvalue weighted by Crippen LogP contribution is -2.29. The maximum atomic E-state index is 13.6. The quantitative estimate of drug-likeness (QED) is 0.927. The molecule has 1 aromatic rings. The molecule has 2 rings (SSSR count). The Kier molecular flexibility index (Phi) is 4.27. The minimum atomic E-state index is -0.531. The monoisotopic (exact) mass is 285 g/mol. The van der Waals surface area contributed by atoms with E-state index in [9.17, 15) is 9.18 Å². The summed E-state index contributed by atoms with van der Waals surface area (Å²) in [4.78, 5) is 11.8. The molecule has 0 aromatic heterocycles. The Balaban J connectivity index is 2.03. The van der Waals surface area contributed by atoms with E-state index in [-0.39, 0.29) is 17.3 Å². The zero-order valence-electron chi connectivity index (χ0n) is 10.3. The number of amides is 1. The number of rotatable bonds is 3. The fourth-order valence-electron chi connectivity index (χ4n) is 1.67. The van der Waals surface area contributed by atoms with E-state index in [0.717, 1.165) is 0 Å². The molecule has 1 heterocycles. The normalized spacial score (nSPS) is 14.7. The maximum Gasteiger partial charge on any atom is 0.290 e. The molecule has 0 saturated heterocycles. The molecule has 19 heavy (non-hydrogen) atoms. The molecule has 1 N–H and O–H groups in total. The lowest BCUT2D eigenvalue weighted by molar-refractivity contribution is -0.122. The predicted molar refractivity (Wildman–Crippen MR) is 67.9 cm³/mol. The van der Waals surface area contributed by atoms with Gasteiger partial charge in [-0.15, -0.1) is 0 Å². The average molecular weight is 286 g/mol. The van der Waals surface area contributed by atoms with Gasteiger partial charge in [-0.25, -0.2) is 4.39 Å². The number of allylic oxidation sites excluding steroid dienone is 1. The molecule has 0 atom stereocenters. The van der Waals surface area contributed by atoms with Crippen LogP contribution < -0.4 is 5.32 Å². The van der Waals surface area contributed by atoms with Crippen LogP contribution in [0.3, 0.4) is 0 Å². The van der Waals surface area contributed by atoms with Crippen LogP contribution in [0.5, 0.6) is 0 Å². The molecular weight excluding hydrogens is 273 g/mol. The molecule has 0 fully saturated rings. The van der Waals surface area contributed by atoms with E-state index in [1.807, 2.05) is 0 Å². The molecule has 6 heteroatoms. The number of hydrogen-bond acceptors (Lipinski definition) is 3. The van der Waals surface area contributed by atoms with Gasteiger partial charge >= 0.3 is 0 Å². The summed E-state index contributed by atoms with van der Waals surface area (Å²) >= 11 is 5.66. The number of benzene rings is 1. The largest absolute Gasteiger partial charge is 0.491 e. The first-order valence-corrected chi connectivity index (χ1v) is 6.15. The van der Waals surface area contributed by atoms with E-state index in [1.165, 1.54) is 6.07 Å². The van der Waals surface area contributed by atoms with E-state index < -0.39 is 11.7 Å². The Morgan fingerprint density at radius 1 is 1.42 bits per heavy atom. The fourth-order valence-corrected chi connectivity index (χ4v) is 1.87. The summed E-state index contributed by atoms with van der Waals surface area (Å²) in [6.45, 7) is 2.43. The van der Waals surface area contributed by atoms with Crippen molar-refractivity contribution in [3.8, 4) is 0 Å². The molecule has 0 radical (unpaired) electrons. The predicted octanol–water partition coefficient (Wildman–Crippen LogP) is 2.37. The molecule has 1 aliphatic rings. The molecule has 0 spiro atoms. The van der Waals surface area contributed by atoms with Gasteiger partial charge < -0.3 is 14.8 Å². The first-order chi connectivity index (χ1) is 9.09. The van der Waals surface area contributed by atoms with Crippen LogP contribution in [0.2, 0.25) is 5.02 Å². The molecular formula is C13H13ClFNO3. The zero-order chi connectivity index (χ0) is 13.8. The molecule has 0 bridgehead atoms. The van der Waals surface area contributed by atoms with Crippen LogP contribution in [-0.2, 0) is 20.8 Å². The van der Waals surface area contributed by atoms with Crippen LogP contribution in [-0.4, -0.2) is 19.1 Å². The SMILES string of the molecule is CC1=C(C(=O)NCc2cccc(Cl)c2F)OCCO1. The topological polar surface area (TPSA) is 47.6 Å². The van der Waals surface area contributed by atoms with Crippen LogP contribution >= 0.6 is 11.6 Å².